The van der Waals surface area contributed by atoms with Gasteiger partial charge in [-0.1, -0.05) is 39.0 Å². The van der Waals surface area contributed by atoms with E-state index in [1.54, 1.807) is 65.0 Å². The van der Waals surface area contributed by atoms with E-state index in [2.05, 4.69) is 10.0 Å². The van der Waals surface area contributed by atoms with Crippen LogP contribution in [0.5, 0.6) is 5.75 Å². The zero-order chi connectivity index (χ0) is 41.7. The van der Waals surface area contributed by atoms with Gasteiger partial charge in [-0.2, -0.15) is 12.7 Å². The summed E-state index contributed by atoms with van der Waals surface area (Å²) in [5, 5.41) is 50.0. The Balaban J connectivity index is 1.76. The lowest BCUT2D eigenvalue weighted by atomic mass is 9.78. The molecule has 14 atom stereocenters. The Labute approximate surface area is 330 Å². The molecule has 0 spiro atoms. The summed E-state index contributed by atoms with van der Waals surface area (Å²) in [6.07, 6.45) is -7.88. The van der Waals surface area contributed by atoms with Crippen molar-refractivity contribution in [2.45, 2.75) is 141 Å². The smallest absolute Gasteiger partial charge is 0.311 e. The minimum Gasteiger partial charge on any atom is -0.483 e. The molecule has 0 aromatic heterocycles. The second-order valence-corrected chi connectivity index (χ2v) is 17.9. The van der Waals surface area contributed by atoms with Gasteiger partial charge in [0.2, 0.25) is 0 Å². The highest BCUT2D eigenvalue weighted by atomic mass is 32.2. The van der Waals surface area contributed by atoms with Crippen molar-refractivity contribution >= 4 is 21.9 Å². The maximum atomic E-state index is 14.0. The SMILES string of the molecule is CC[C@H]1OC(=O)[C@H](C)[C@@H](O)[C@H](C)[C@@H](O[C@H]2O[C@@H](C)C[C@@H](N(C)S(=O)(=O)Nc3ccccc3)[C@@H]2Oc2ccc(F)cc2)[C@](C)(O)C[C@@H](C)CN[C@H](C)[C@@H](O)[C@]1(C)O. The lowest BCUT2D eigenvalue weighted by Crippen LogP contribution is -2.62. The number of carbonyl (C=O) groups is 1. The number of aliphatic hydroxyl groups is 4. The molecule has 2 saturated heterocycles. The number of para-hydroxylation sites is 1. The normalized spacial score (nSPS) is 38.2. The molecule has 14 nitrogen and oxygen atoms in total. The molecule has 2 heterocycles. The average Bonchev–Trinajstić information content (AvgIpc) is 3.14. The van der Waals surface area contributed by atoms with Crippen LogP contribution in [-0.4, -0.2) is 119 Å². The van der Waals surface area contributed by atoms with Crippen molar-refractivity contribution < 1.29 is 57.0 Å². The van der Waals surface area contributed by atoms with Crippen LogP contribution in [0.2, 0.25) is 0 Å². The number of hydrogen-bond acceptors (Lipinski definition) is 12. The highest BCUT2D eigenvalue weighted by Crippen LogP contribution is 2.38. The van der Waals surface area contributed by atoms with Crippen LogP contribution < -0.4 is 14.8 Å². The lowest BCUT2D eigenvalue weighted by Gasteiger charge is -2.47. The van der Waals surface area contributed by atoms with Gasteiger partial charge < -0.3 is 44.7 Å². The van der Waals surface area contributed by atoms with E-state index in [0.29, 0.717) is 12.2 Å². The number of ether oxygens (including phenoxy) is 4. The van der Waals surface area contributed by atoms with E-state index in [1.807, 2.05) is 6.92 Å². The second kappa shape index (κ2) is 18.8. The largest absolute Gasteiger partial charge is 0.483 e. The number of rotatable bonds is 9. The van der Waals surface area contributed by atoms with Crippen molar-refractivity contribution in [1.82, 2.24) is 9.62 Å². The fraction of sp³-hybridized carbons (Fsp3) is 0.675. The zero-order valence-electron chi connectivity index (χ0n) is 33.8. The van der Waals surface area contributed by atoms with Crippen LogP contribution in [0.15, 0.2) is 54.6 Å². The fourth-order valence-electron chi connectivity index (χ4n) is 7.90. The molecular formula is C40H62FN3O11S. The molecular weight excluding hydrogens is 750 g/mol. The first kappa shape index (κ1) is 45.8. The quantitative estimate of drug-likeness (QED) is 0.202. The summed E-state index contributed by atoms with van der Waals surface area (Å²) in [7, 11) is -2.80. The summed E-state index contributed by atoms with van der Waals surface area (Å²) in [5.74, 6) is -3.56. The zero-order valence-corrected chi connectivity index (χ0v) is 34.6. The molecule has 56 heavy (non-hydrogen) atoms. The van der Waals surface area contributed by atoms with Crippen LogP contribution >= 0.6 is 0 Å². The minimum absolute atomic E-state index is 0.0990. The molecule has 16 heteroatoms. The molecule has 0 saturated carbocycles. The summed E-state index contributed by atoms with van der Waals surface area (Å²) < 4.78 is 70.6. The van der Waals surface area contributed by atoms with Gasteiger partial charge in [0.1, 0.15) is 29.4 Å². The number of aliphatic hydroxyl groups excluding tert-OH is 2. The highest BCUT2D eigenvalue weighted by Gasteiger charge is 2.51. The number of carbonyl (C=O) groups excluding carboxylic acids is 1. The van der Waals surface area contributed by atoms with E-state index in [4.69, 9.17) is 18.9 Å². The minimum atomic E-state index is -4.20. The van der Waals surface area contributed by atoms with Gasteiger partial charge in [0, 0.05) is 24.7 Å². The van der Waals surface area contributed by atoms with Crippen LogP contribution in [0.3, 0.4) is 0 Å². The highest BCUT2D eigenvalue weighted by molar-refractivity contribution is 7.90. The standard InChI is InChI=1S/C40H62FN3O11S/c1-10-32-40(8,49)35(46)27(6)42-22-23(2)21-39(7,48)36(25(4)33(45)26(5)37(47)54-32)55-38-34(53-30-18-16-28(41)17-19-30)31(20-24(3)52-38)44(9)56(50,51)43-29-14-12-11-13-15-29/h11-19,23-27,31-36,38,42-43,45-46,48-49H,10,20-22H2,1-9H3/t23-,24+,25+,26-,27-,31-,32-,33+,34+,35-,36-,38-,39-,40-/m1/s1. The van der Waals surface area contributed by atoms with Crippen LogP contribution in [0.25, 0.3) is 0 Å². The molecule has 2 fully saturated rings. The number of nitrogens with one attached hydrogen (secondary N) is 2. The van der Waals surface area contributed by atoms with Gasteiger partial charge in [0.05, 0.1) is 35.9 Å². The van der Waals surface area contributed by atoms with Gasteiger partial charge in [0.15, 0.2) is 12.4 Å². The van der Waals surface area contributed by atoms with Gasteiger partial charge >= 0.3 is 16.2 Å². The molecule has 0 bridgehead atoms. The molecule has 316 valence electrons. The Bertz CT molecular complexity index is 1670. The van der Waals surface area contributed by atoms with Crippen molar-refractivity contribution in [2.75, 3.05) is 18.3 Å². The average molecular weight is 812 g/mol. The summed E-state index contributed by atoms with van der Waals surface area (Å²) in [5.41, 5.74) is -3.21. The summed E-state index contributed by atoms with van der Waals surface area (Å²) in [4.78, 5) is 13.6. The molecule has 4 rings (SSSR count). The van der Waals surface area contributed by atoms with Gasteiger partial charge in [-0.15, -0.1) is 0 Å². The molecule has 2 aromatic rings. The Hall–Kier alpha value is -2.93. The molecule has 2 aliphatic heterocycles. The molecule has 2 aliphatic rings. The number of halogens is 1. The predicted molar refractivity (Wildman–Crippen MR) is 208 cm³/mol. The Morgan fingerprint density at radius 3 is 2.25 bits per heavy atom. The molecule has 0 amide bonds. The number of nitrogens with zero attached hydrogens (tertiary/aromatic N) is 1. The summed E-state index contributed by atoms with van der Waals surface area (Å²) in [6, 6.07) is 12.0. The lowest BCUT2D eigenvalue weighted by molar-refractivity contribution is -0.293. The van der Waals surface area contributed by atoms with Crippen LogP contribution in [0.1, 0.15) is 74.7 Å². The third-order valence-electron chi connectivity index (χ3n) is 11.2. The summed E-state index contributed by atoms with van der Waals surface area (Å²) >= 11 is 0. The summed E-state index contributed by atoms with van der Waals surface area (Å²) in [6.45, 7) is 13.4. The Morgan fingerprint density at radius 2 is 1.64 bits per heavy atom. The van der Waals surface area contributed by atoms with Crippen LogP contribution in [0.4, 0.5) is 10.1 Å². The molecule has 0 aliphatic carbocycles. The van der Waals surface area contributed by atoms with Crippen molar-refractivity contribution in [1.29, 1.82) is 0 Å². The van der Waals surface area contributed by atoms with Crippen molar-refractivity contribution in [2.24, 2.45) is 17.8 Å². The maximum Gasteiger partial charge on any atom is 0.311 e. The topological polar surface area (TPSA) is 196 Å². The molecule has 2 aromatic carbocycles. The molecule has 0 radical (unpaired) electrons. The third-order valence-corrected chi connectivity index (χ3v) is 12.8. The Kier molecular flexibility index (Phi) is 15.3. The number of hydrogen-bond donors (Lipinski definition) is 6. The van der Waals surface area contributed by atoms with Gasteiger partial charge in [-0.05, 0) is 103 Å². The first-order valence-electron chi connectivity index (χ1n) is 19.4. The maximum absolute atomic E-state index is 14.0. The van der Waals surface area contributed by atoms with Crippen LogP contribution in [0, 0.1) is 23.6 Å². The van der Waals surface area contributed by atoms with Gasteiger partial charge in [0.25, 0.3) is 0 Å². The van der Waals surface area contributed by atoms with E-state index in [0.717, 1.165) is 4.31 Å². The number of esters is 1. The van der Waals surface area contributed by atoms with Crippen molar-refractivity contribution in [3.05, 3.63) is 60.4 Å². The number of anilines is 1. The number of benzene rings is 2. The van der Waals surface area contributed by atoms with Crippen LogP contribution in [-0.2, 0) is 29.2 Å². The predicted octanol–water partition coefficient (Wildman–Crippen LogP) is 3.59. The second-order valence-electron chi connectivity index (χ2n) is 16.2. The third kappa shape index (κ3) is 11.0. The fourth-order valence-corrected chi connectivity index (χ4v) is 9.04. The van der Waals surface area contributed by atoms with Gasteiger partial charge in [-0.25, -0.2) is 4.39 Å². The van der Waals surface area contributed by atoms with Crippen molar-refractivity contribution in [3.8, 4) is 5.75 Å². The van der Waals surface area contributed by atoms with E-state index in [-0.39, 0.29) is 30.9 Å². The molecule has 6 N–H and O–H groups in total. The van der Waals surface area contributed by atoms with E-state index >= 15 is 0 Å². The van der Waals surface area contributed by atoms with E-state index < -0.39 is 100 Å². The number of likely N-dealkylation sites (N-methyl/N-ethyl adjacent to an activating group) is 1. The first-order chi connectivity index (χ1) is 26.1. The monoisotopic (exact) mass is 811 g/mol. The number of cyclic esters (lactones) is 1. The molecule has 0 unspecified atom stereocenters. The van der Waals surface area contributed by atoms with Crippen molar-refractivity contribution in [3.63, 3.8) is 0 Å². The first-order valence-corrected chi connectivity index (χ1v) is 20.8. The Morgan fingerprint density at radius 1 is 1.02 bits per heavy atom. The van der Waals surface area contributed by atoms with E-state index in [1.165, 1.54) is 45.2 Å². The van der Waals surface area contributed by atoms with E-state index in [9.17, 15) is 38.0 Å². The van der Waals surface area contributed by atoms with Gasteiger partial charge in [-0.3, -0.25) is 9.52 Å².